The van der Waals surface area contributed by atoms with Gasteiger partial charge in [0.05, 0.1) is 18.6 Å². The Morgan fingerprint density at radius 3 is 2.00 bits per heavy atom. The number of aliphatic carboxylic acids is 1. The van der Waals surface area contributed by atoms with Crippen LogP contribution in [-0.2, 0) is 24.0 Å². The van der Waals surface area contributed by atoms with Crippen molar-refractivity contribution >= 4 is 48.2 Å². The van der Waals surface area contributed by atoms with Crippen LogP contribution in [0.2, 0.25) is 0 Å². The van der Waals surface area contributed by atoms with Gasteiger partial charge in [0.1, 0.15) is 18.1 Å². The van der Waals surface area contributed by atoms with Crippen LogP contribution in [0.1, 0.15) is 26.2 Å². The number of carbonyl (C=O) groups excluding carboxylic acids is 4. The Kier molecular flexibility index (Phi) is 13.5. The number of nitrogens with two attached hydrogens (primary N) is 4. The van der Waals surface area contributed by atoms with Gasteiger partial charge in [-0.3, -0.25) is 24.2 Å². The van der Waals surface area contributed by atoms with Crippen LogP contribution in [0.3, 0.4) is 0 Å². The fourth-order valence-electron chi connectivity index (χ4n) is 2.47. The highest BCUT2D eigenvalue weighted by atomic mass is 32.1. The summed E-state index contributed by atoms with van der Waals surface area (Å²) in [6, 6.07) is -5.48. The summed E-state index contributed by atoms with van der Waals surface area (Å²) < 4.78 is 0. The lowest BCUT2D eigenvalue weighted by molar-refractivity contribution is -0.142. The number of carboxylic acid groups (broad SMARTS) is 1. The van der Waals surface area contributed by atoms with Gasteiger partial charge in [-0.05, 0) is 19.8 Å². The minimum Gasteiger partial charge on any atom is -0.480 e. The first-order valence-corrected chi connectivity index (χ1v) is 10.5. The van der Waals surface area contributed by atoms with E-state index in [4.69, 9.17) is 28.0 Å². The first-order chi connectivity index (χ1) is 15.3. The minimum absolute atomic E-state index is 0.000183. The summed E-state index contributed by atoms with van der Waals surface area (Å²) >= 11 is 3.83. The van der Waals surface area contributed by atoms with Crippen LogP contribution in [0.25, 0.3) is 0 Å². The molecule has 4 amide bonds. The zero-order valence-electron chi connectivity index (χ0n) is 18.1. The smallest absolute Gasteiger partial charge is 0.327 e. The van der Waals surface area contributed by atoms with E-state index in [1.807, 2.05) is 0 Å². The second-order valence-corrected chi connectivity index (χ2v) is 7.46. The number of carboxylic acids is 1. The molecule has 15 nitrogen and oxygen atoms in total. The van der Waals surface area contributed by atoms with E-state index in [-0.39, 0.29) is 31.1 Å². The Morgan fingerprint density at radius 1 is 0.970 bits per heavy atom. The average molecular weight is 493 g/mol. The van der Waals surface area contributed by atoms with Gasteiger partial charge >= 0.3 is 5.97 Å². The Balaban J connectivity index is 5.46. The van der Waals surface area contributed by atoms with Crippen LogP contribution >= 0.6 is 12.6 Å². The second kappa shape index (κ2) is 14.9. The number of nitrogens with one attached hydrogen (secondary N) is 3. The third-order valence-electron chi connectivity index (χ3n) is 4.20. The molecule has 0 aliphatic rings. The predicted octanol–water partition coefficient (Wildman–Crippen LogP) is -4.91. The Bertz CT molecular complexity index is 745. The molecule has 16 heteroatoms. The summed E-state index contributed by atoms with van der Waals surface area (Å²) in [7, 11) is 0. The molecular weight excluding hydrogens is 460 g/mol. The molecule has 0 aliphatic carbocycles. The van der Waals surface area contributed by atoms with Gasteiger partial charge in [-0.1, -0.05) is 0 Å². The lowest BCUT2D eigenvalue weighted by Crippen LogP contribution is -2.60. The zero-order chi connectivity index (χ0) is 25.7. The lowest BCUT2D eigenvalue weighted by atomic mass is 10.1. The maximum atomic E-state index is 12.8. The molecule has 0 saturated carbocycles. The van der Waals surface area contributed by atoms with E-state index >= 15 is 0 Å². The molecular formula is C17H32N8O7S. The van der Waals surface area contributed by atoms with Crippen molar-refractivity contribution in [2.45, 2.75) is 56.5 Å². The second-order valence-electron chi connectivity index (χ2n) is 7.10. The van der Waals surface area contributed by atoms with Gasteiger partial charge in [0, 0.05) is 12.3 Å². The molecule has 0 aromatic carbocycles. The number of aliphatic hydroxyl groups excluding tert-OH is 1. The van der Waals surface area contributed by atoms with Crippen molar-refractivity contribution in [3.63, 3.8) is 0 Å². The van der Waals surface area contributed by atoms with Gasteiger partial charge in [-0.2, -0.15) is 12.6 Å². The summed E-state index contributed by atoms with van der Waals surface area (Å²) in [6.07, 6.45) is -1.65. The third kappa shape index (κ3) is 11.9. The molecule has 0 aromatic rings. The van der Waals surface area contributed by atoms with E-state index in [1.165, 1.54) is 6.92 Å². The molecule has 0 radical (unpaired) electrons. The predicted molar refractivity (Wildman–Crippen MR) is 121 cm³/mol. The Labute approximate surface area is 195 Å². The zero-order valence-corrected chi connectivity index (χ0v) is 19.0. The number of carbonyl (C=O) groups is 5. The van der Waals surface area contributed by atoms with Crippen LogP contribution in [-0.4, -0.2) is 88.3 Å². The van der Waals surface area contributed by atoms with E-state index in [0.29, 0.717) is 0 Å². The summed E-state index contributed by atoms with van der Waals surface area (Å²) in [5, 5.41) is 25.7. The molecule has 0 bridgehead atoms. The van der Waals surface area contributed by atoms with Gasteiger partial charge in [0.25, 0.3) is 0 Å². The van der Waals surface area contributed by atoms with Gasteiger partial charge in [0.2, 0.25) is 23.6 Å². The summed E-state index contributed by atoms with van der Waals surface area (Å²) in [4.78, 5) is 63.3. The Hall–Kier alpha value is -3.11. The maximum absolute atomic E-state index is 12.8. The van der Waals surface area contributed by atoms with Crippen LogP contribution in [0.4, 0.5) is 0 Å². The van der Waals surface area contributed by atoms with Crippen molar-refractivity contribution in [3.8, 4) is 0 Å². The first-order valence-electron chi connectivity index (χ1n) is 9.82. The molecule has 0 aliphatic heterocycles. The molecule has 0 spiro atoms. The summed E-state index contributed by atoms with van der Waals surface area (Å²) in [6.45, 7) is 1.33. The number of nitrogens with zero attached hydrogens (tertiary/aromatic N) is 1. The monoisotopic (exact) mass is 492 g/mol. The van der Waals surface area contributed by atoms with Crippen molar-refractivity contribution in [1.82, 2.24) is 16.0 Å². The number of primary amides is 1. The average Bonchev–Trinajstić information content (AvgIpc) is 2.70. The van der Waals surface area contributed by atoms with Crippen molar-refractivity contribution in [3.05, 3.63) is 0 Å². The quantitative estimate of drug-likeness (QED) is 0.0450. The first kappa shape index (κ1) is 29.9. The van der Waals surface area contributed by atoms with Crippen LogP contribution in [0.15, 0.2) is 4.99 Å². The number of amides is 4. The normalized spacial score (nSPS) is 15.2. The SMILES string of the molecule is CC(O)C(NC(=O)C(CCCN=C(N)N)NC(=O)C(N)CC(N)=O)C(=O)NC(CS)C(=O)O. The number of aliphatic hydroxyl groups is 1. The minimum atomic E-state index is -1.55. The highest BCUT2D eigenvalue weighted by molar-refractivity contribution is 7.80. The van der Waals surface area contributed by atoms with Gasteiger partial charge in [-0.25, -0.2) is 4.79 Å². The number of guanidine groups is 1. The number of rotatable bonds is 15. The van der Waals surface area contributed by atoms with E-state index in [0.717, 1.165) is 0 Å². The van der Waals surface area contributed by atoms with Gasteiger partial charge < -0.3 is 49.1 Å². The van der Waals surface area contributed by atoms with Crippen molar-refractivity contribution < 1.29 is 34.2 Å². The van der Waals surface area contributed by atoms with Crippen LogP contribution < -0.4 is 38.9 Å². The molecule has 0 fully saturated rings. The number of aliphatic imine (C=N–C) groups is 1. The standard InChI is InChI=1S/C17H32N8O7S/c1-7(26)12(15(30)24-10(6-33)16(31)32)25-14(29)9(3-2-4-22-17(20)21)23-13(28)8(18)5-11(19)27/h7-10,12,26,33H,2-6,18H2,1H3,(H2,19,27)(H,23,28)(H,24,30)(H,25,29)(H,31,32)(H4,20,21,22). The molecule has 0 heterocycles. The van der Waals surface area contributed by atoms with Crippen molar-refractivity contribution in [1.29, 1.82) is 0 Å². The van der Waals surface area contributed by atoms with Crippen molar-refractivity contribution in [2.24, 2.45) is 27.9 Å². The number of hydrogen-bond acceptors (Lipinski definition) is 9. The molecule has 33 heavy (non-hydrogen) atoms. The number of hydrogen-bond donors (Lipinski definition) is 10. The highest BCUT2D eigenvalue weighted by Crippen LogP contribution is 2.04. The number of thiol groups is 1. The van der Waals surface area contributed by atoms with E-state index in [2.05, 4.69) is 33.6 Å². The molecule has 13 N–H and O–H groups in total. The highest BCUT2D eigenvalue weighted by Gasteiger charge is 2.32. The summed E-state index contributed by atoms with van der Waals surface area (Å²) in [5.41, 5.74) is 21.1. The van der Waals surface area contributed by atoms with E-state index in [1.54, 1.807) is 0 Å². The fraction of sp³-hybridized carbons (Fsp3) is 0.647. The topological polar surface area (TPSA) is 278 Å². The molecule has 5 unspecified atom stereocenters. The third-order valence-corrected chi connectivity index (χ3v) is 4.56. The van der Waals surface area contributed by atoms with Crippen molar-refractivity contribution in [2.75, 3.05) is 12.3 Å². The van der Waals surface area contributed by atoms with E-state index in [9.17, 15) is 29.1 Å². The summed E-state index contributed by atoms with van der Waals surface area (Å²) in [5.74, 6) is -5.30. The molecule has 0 aromatic heterocycles. The lowest BCUT2D eigenvalue weighted by Gasteiger charge is -2.26. The van der Waals surface area contributed by atoms with E-state index < -0.39 is 66.3 Å². The largest absolute Gasteiger partial charge is 0.480 e. The van der Waals surface area contributed by atoms with Crippen LogP contribution in [0, 0.1) is 0 Å². The van der Waals surface area contributed by atoms with Gasteiger partial charge in [0.15, 0.2) is 5.96 Å². The Morgan fingerprint density at radius 2 is 1.55 bits per heavy atom. The maximum Gasteiger partial charge on any atom is 0.327 e. The van der Waals surface area contributed by atoms with Gasteiger partial charge in [-0.15, -0.1) is 0 Å². The molecule has 0 rings (SSSR count). The fourth-order valence-corrected chi connectivity index (χ4v) is 2.71. The molecule has 188 valence electrons. The molecule has 5 atom stereocenters. The molecule has 0 saturated heterocycles. The van der Waals surface area contributed by atoms with Crippen LogP contribution in [0.5, 0.6) is 0 Å².